The van der Waals surface area contributed by atoms with Crippen LogP contribution in [0.4, 0.5) is 11.5 Å². The Hall–Kier alpha value is -1.30. The summed E-state index contributed by atoms with van der Waals surface area (Å²) in [6.45, 7) is 1.74. The van der Waals surface area contributed by atoms with Crippen molar-refractivity contribution in [2.24, 2.45) is 0 Å². The highest BCUT2D eigenvalue weighted by Crippen LogP contribution is 2.23. The van der Waals surface area contributed by atoms with E-state index in [2.05, 4.69) is 10.3 Å². The Morgan fingerprint density at radius 2 is 2.24 bits per heavy atom. The zero-order valence-electron chi connectivity index (χ0n) is 9.68. The van der Waals surface area contributed by atoms with Crippen molar-refractivity contribution in [3.8, 4) is 0 Å². The Kier molecular flexibility index (Phi) is 3.83. The van der Waals surface area contributed by atoms with E-state index in [1.165, 1.54) is 17.7 Å². The van der Waals surface area contributed by atoms with Crippen molar-refractivity contribution < 1.29 is 4.92 Å². The molecule has 0 spiro atoms. The summed E-state index contributed by atoms with van der Waals surface area (Å²) in [5.74, 6) is 3.08. The van der Waals surface area contributed by atoms with Crippen LogP contribution in [0.1, 0.15) is 18.4 Å². The summed E-state index contributed by atoms with van der Waals surface area (Å²) >= 11 is 1.97. The van der Waals surface area contributed by atoms with Gasteiger partial charge >= 0.3 is 0 Å². The van der Waals surface area contributed by atoms with Crippen LogP contribution in [-0.2, 0) is 0 Å². The topological polar surface area (TPSA) is 68.1 Å². The fraction of sp³-hybridized carbons (Fsp3) is 0.545. The monoisotopic (exact) mass is 253 g/mol. The molecule has 1 aromatic rings. The molecule has 5 nitrogen and oxygen atoms in total. The first kappa shape index (κ1) is 12.2. The van der Waals surface area contributed by atoms with E-state index >= 15 is 0 Å². The van der Waals surface area contributed by atoms with Gasteiger partial charge in [-0.2, -0.15) is 11.8 Å². The second kappa shape index (κ2) is 5.35. The van der Waals surface area contributed by atoms with Gasteiger partial charge in [0.1, 0.15) is 12.0 Å². The smallest absolute Gasteiger partial charge is 0.290 e. The number of anilines is 1. The molecule has 2 heterocycles. The number of hydrogen-bond acceptors (Lipinski definition) is 5. The molecule has 6 heteroatoms. The first-order valence-corrected chi connectivity index (χ1v) is 6.77. The first-order valence-electron chi connectivity index (χ1n) is 5.62. The zero-order valence-corrected chi connectivity index (χ0v) is 10.5. The van der Waals surface area contributed by atoms with E-state index < -0.39 is 4.92 Å². The quantitative estimate of drug-likeness (QED) is 0.662. The van der Waals surface area contributed by atoms with Gasteiger partial charge in [0.2, 0.25) is 0 Å². The molecule has 0 atom stereocenters. The van der Waals surface area contributed by atoms with Crippen LogP contribution < -0.4 is 5.32 Å². The van der Waals surface area contributed by atoms with Gasteiger partial charge in [0.25, 0.3) is 5.69 Å². The first-order chi connectivity index (χ1) is 8.16. The SMILES string of the molecule is Cc1cc(NC2CCSCC2)ncc1[N+](=O)[O-]. The van der Waals surface area contributed by atoms with Crippen molar-refractivity contribution in [3.63, 3.8) is 0 Å². The highest BCUT2D eigenvalue weighted by molar-refractivity contribution is 7.99. The van der Waals surface area contributed by atoms with E-state index in [1.807, 2.05) is 11.8 Å². The Morgan fingerprint density at radius 1 is 1.53 bits per heavy atom. The molecule has 0 aliphatic carbocycles. The van der Waals surface area contributed by atoms with Gasteiger partial charge in [0, 0.05) is 11.6 Å². The number of pyridine rings is 1. The predicted octanol–water partition coefficient (Wildman–Crippen LogP) is 2.61. The molecule has 1 N–H and O–H groups in total. The van der Waals surface area contributed by atoms with Gasteiger partial charge < -0.3 is 5.32 Å². The summed E-state index contributed by atoms with van der Waals surface area (Å²) in [4.78, 5) is 14.4. The van der Waals surface area contributed by atoms with Crippen LogP contribution in [0.15, 0.2) is 12.3 Å². The van der Waals surface area contributed by atoms with Crippen LogP contribution in [-0.4, -0.2) is 27.5 Å². The Balaban J connectivity index is 2.06. The average molecular weight is 253 g/mol. The Bertz CT molecular complexity index is 419. The Morgan fingerprint density at radius 3 is 2.82 bits per heavy atom. The molecule has 17 heavy (non-hydrogen) atoms. The minimum Gasteiger partial charge on any atom is -0.367 e. The highest BCUT2D eigenvalue weighted by Gasteiger charge is 2.16. The van der Waals surface area contributed by atoms with Crippen molar-refractivity contribution in [2.45, 2.75) is 25.8 Å². The lowest BCUT2D eigenvalue weighted by Crippen LogP contribution is -2.25. The van der Waals surface area contributed by atoms with Crippen LogP contribution in [0, 0.1) is 17.0 Å². The standard InChI is InChI=1S/C11H15N3O2S/c1-8-6-11(12-7-10(8)14(15)16)13-9-2-4-17-5-3-9/h6-7,9H,2-5H2,1H3,(H,12,13). The van der Waals surface area contributed by atoms with Crippen molar-refractivity contribution in [1.29, 1.82) is 0 Å². The molecule has 1 saturated heterocycles. The number of rotatable bonds is 3. The molecule has 0 unspecified atom stereocenters. The van der Waals surface area contributed by atoms with Gasteiger partial charge in [-0.25, -0.2) is 4.98 Å². The molecule has 0 radical (unpaired) electrons. The molecular formula is C11H15N3O2S. The molecule has 1 aromatic heterocycles. The van der Waals surface area contributed by atoms with Gasteiger partial charge in [-0.05, 0) is 37.3 Å². The van der Waals surface area contributed by atoms with Gasteiger partial charge in [-0.15, -0.1) is 0 Å². The number of hydrogen-bond donors (Lipinski definition) is 1. The van der Waals surface area contributed by atoms with Crippen molar-refractivity contribution in [1.82, 2.24) is 4.98 Å². The molecule has 1 aliphatic heterocycles. The second-order valence-corrected chi connectivity index (χ2v) is 5.37. The summed E-state index contributed by atoms with van der Waals surface area (Å²) < 4.78 is 0. The van der Waals surface area contributed by atoms with Crippen LogP contribution in [0.2, 0.25) is 0 Å². The van der Waals surface area contributed by atoms with Gasteiger partial charge in [-0.3, -0.25) is 10.1 Å². The summed E-state index contributed by atoms with van der Waals surface area (Å²) in [6, 6.07) is 2.20. The fourth-order valence-electron chi connectivity index (χ4n) is 1.87. The number of aryl methyl sites for hydroxylation is 1. The molecule has 1 aliphatic rings. The molecule has 1 fully saturated rings. The molecular weight excluding hydrogens is 238 g/mol. The van der Waals surface area contributed by atoms with Crippen LogP contribution in [0.5, 0.6) is 0 Å². The number of nitrogens with one attached hydrogen (secondary N) is 1. The van der Waals surface area contributed by atoms with Crippen molar-refractivity contribution >= 4 is 23.3 Å². The lowest BCUT2D eigenvalue weighted by atomic mass is 10.1. The molecule has 0 bridgehead atoms. The summed E-state index contributed by atoms with van der Waals surface area (Å²) in [5, 5.41) is 14.0. The molecule has 92 valence electrons. The largest absolute Gasteiger partial charge is 0.367 e. The molecule has 0 aromatic carbocycles. The maximum atomic E-state index is 10.7. The third-order valence-electron chi connectivity index (χ3n) is 2.85. The fourth-order valence-corrected chi connectivity index (χ4v) is 2.98. The van der Waals surface area contributed by atoms with E-state index in [4.69, 9.17) is 0 Å². The lowest BCUT2D eigenvalue weighted by molar-refractivity contribution is -0.385. The zero-order chi connectivity index (χ0) is 12.3. The van der Waals surface area contributed by atoms with E-state index in [-0.39, 0.29) is 5.69 Å². The summed E-state index contributed by atoms with van der Waals surface area (Å²) in [7, 11) is 0. The highest BCUT2D eigenvalue weighted by atomic mass is 32.2. The third-order valence-corrected chi connectivity index (χ3v) is 3.90. The van der Waals surface area contributed by atoms with Crippen LogP contribution >= 0.6 is 11.8 Å². The van der Waals surface area contributed by atoms with Crippen molar-refractivity contribution in [2.75, 3.05) is 16.8 Å². The second-order valence-electron chi connectivity index (χ2n) is 4.14. The molecule has 2 rings (SSSR count). The lowest BCUT2D eigenvalue weighted by Gasteiger charge is -2.23. The number of nitrogens with zero attached hydrogens (tertiary/aromatic N) is 2. The Labute approximate surface area is 104 Å². The summed E-state index contributed by atoms with van der Waals surface area (Å²) in [6.07, 6.45) is 3.58. The predicted molar refractivity (Wildman–Crippen MR) is 69.6 cm³/mol. The molecule has 0 saturated carbocycles. The van der Waals surface area contributed by atoms with Crippen molar-refractivity contribution in [3.05, 3.63) is 27.9 Å². The van der Waals surface area contributed by atoms with E-state index in [9.17, 15) is 10.1 Å². The normalized spacial score (nSPS) is 16.8. The number of aromatic nitrogens is 1. The van der Waals surface area contributed by atoms with Gasteiger partial charge in [0.05, 0.1) is 4.92 Å². The maximum Gasteiger partial charge on any atom is 0.290 e. The van der Waals surface area contributed by atoms with Gasteiger partial charge in [0.15, 0.2) is 0 Å². The van der Waals surface area contributed by atoms with E-state index in [1.54, 1.807) is 13.0 Å². The van der Waals surface area contributed by atoms with Crippen LogP contribution in [0.3, 0.4) is 0 Å². The third kappa shape index (κ3) is 3.09. The number of nitro groups is 1. The van der Waals surface area contributed by atoms with E-state index in [0.717, 1.165) is 18.7 Å². The summed E-state index contributed by atoms with van der Waals surface area (Å²) in [5.41, 5.74) is 0.729. The number of thioether (sulfide) groups is 1. The molecule has 0 amide bonds. The minimum absolute atomic E-state index is 0.0785. The average Bonchev–Trinajstić information content (AvgIpc) is 2.30. The van der Waals surface area contributed by atoms with Crippen LogP contribution in [0.25, 0.3) is 0 Å². The van der Waals surface area contributed by atoms with E-state index in [0.29, 0.717) is 11.6 Å². The minimum atomic E-state index is -0.399. The van der Waals surface area contributed by atoms with Gasteiger partial charge in [-0.1, -0.05) is 0 Å². The maximum absolute atomic E-state index is 10.7.